The summed E-state index contributed by atoms with van der Waals surface area (Å²) in [5, 5.41) is 10.4. The fraction of sp³-hybridized carbons (Fsp3) is 0.357. The van der Waals surface area contributed by atoms with E-state index in [1.165, 1.54) is 0 Å². The molecule has 0 fully saturated rings. The summed E-state index contributed by atoms with van der Waals surface area (Å²) in [5.74, 6) is 1.30. The zero-order valence-corrected chi connectivity index (χ0v) is 12.4. The van der Waals surface area contributed by atoms with E-state index in [9.17, 15) is 4.79 Å². The molecule has 106 valence electrons. The number of hydrogen-bond acceptors (Lipinski definition) is 3. The van der Waals surface area contributed by atoms with Crippen LogP contribution in [0.3, 0.4) is 0 Å². The Morgan fingerprint density at radius 1 is 1.40 bits per heavy atom. The number of amides is 1. The molecule has 0 radical (unpaired) electrons. The molecule has 1 unspecified atom stereocenters. The molecule has 0 aliphatic heterocycles. The molecule has 1 amide bonds. The van der Waals surface area contributed by atoms with Gasteiger partial charge in [-0.1, -0.05) is 31.5 Å². The van der Waals surface area contributed by atoms with Crippen molar-refractivity contribution in [1.82, 2.24) is 20.5 Å². The first kappa shape index (κ1) is 14.5. The molecular weight excluding hydrogens is 276 g/mol. The van der Waals surface area contributed by atoms with E-state index in [-0.39, 0.29) is 17.9 Å². The maximum atomic E-state index is 12.3. The molecule has 1 aromatic heterocycles. The van der Waals surface area contributed by atoms with Gasteiger partial charge in [0.2, 0.25) is 0 Å². The third kappa shape index (κ3) is 3.36. The second kappa shape index (κ2) is 6.05. The maximum Gasteiger partial charge on any atom is 0.251 e. The Kier molecular flexibility index (Phi) is 4.39. The van der Waals surface area contributed by atoms with Gasteiger partial charge >= 0.3 is 0 Å². The van der Waals surface area contributed by atoms with E-state index < -0.39 is 0 Å². The highest BCUT2D eigenvalue weighted by Crippen LogP contribution is 2.19. The van der Waals surface area contributed by atoms with Crippen molar-refractivity contribution in [3.63, 3.8) is 0 Å². The SMILES string of the molecule is Cc1nc(C(NC(=O)c2cccc(Cl)c2)C(C)C)n[nH]1. The van der Waals surface area contributed by atoms with E-state index in [0.717, 1.165) is 5.82 Å². The Morgan fingerprint density at radius 2 is 2.15 bits per heavy atom. The predicted octanol–water partition coefficient (Wildman–Crippen LogP) is 2.89. The average Bonchev–Trinajstić information content (AvgIpc) is 2.81. The number of rotatable bonds is 4. The first-order valence-corrected chi connectivity index (χ1v) is 6.80. The monoisotopic (exact) mass is 292 g/mol. The molecule has 2 N–H and O–H groups in total. The number of carbonyl (C=O) groups is 1. The lowest BCUT2D eigenvalue weighted by Crippen LogP contribution is -2.32. The van der Waals surface area contributed by atoms with E-state index in [4.69, 9.17) is 11.6 Å². The van der Waals surface area contributed by atoms with Crippen LogP contribution in [0.25, 0.3) is 0 Å². The van der Waals surface area contributed by atoms with Crippen molar-refractivity contribution in [3.8, 4) is 0 Å². The van der Waals surface area contributed by atoms with Crippen molar-refractivity contribution < 1.29 is 4.79 Å². The molecule has 5 nitrogen and oxygen atoms in total. The topological polar surface area (TPSA) is 70.7 Å². The molecule has 0 saturated heterocycles. The summed E-state index contributed by atoms with van der Waals surface area (Å²) in [7, 11) is 0. The fourth-order valence-corrected chi connectivity index (χ4v) is 2.07. The number of H-pyrrole nitrogens is 1. The van der Waals surface area contributed by atoms with E-state index in [2.05, 4.69) is 20.5 Å². The smallest absolute Gasteiger partial charge is 0.251 e. The second-order valence-electron chi connectivity index (χ2n) is 4.98. The van der Waals surface area contributed by atoms with Crippen LogP contribution >= 0.6 is 11.6 Å². The minimum absolute atomic E-state index is 0.174. The number of halogens is 1. The molecule has 2 rings (SSSR count). The number of benzene rings is 1. The van der Waals surface area contributed by atoms with Gasteiger partial charge in [0.1, 0.15) is 5.82 Å². The molecular formula is C14H17ClN4O. The van der Waals surface area contributed by atoms with Crippen molar-refractivity contribution in [2.45, 2.75) is 26.8 Å². The lowest BCUT2D eigenvalue weighted by atomic mass is 10.0. The van der Waals surface area contributed by atoms with Gasteiger partial charge in [-0.25, -0.2) is 4.98 Å². The fourth-order valence-electron chi connectivity index (χ4n) is 1.88. The quantitative estimate of drug-likeness (QED) is 0.910. The molecule has 20 heavy (non-hydrogen) atoms. The Morgan fingerprint density at radius 3 is 2.70 bits per heavy atom. The van der Waals surface area contributed by atoms with Gasteiger partial charge in [-0.3, -0.25) is 9.89 Å². The number of carbonyl (C=O) groups excluding carboxylic acids is 1. The van der Waals surface area contributed by atoms with Gasteiger partial charge in [0, 0.05) is 10.6 Å². The summed E-state index contributed by atoms with van der Waals surface area (Å²) in [6, 6.07) is 6.60. The molecule has 1 aromatic carbocycles. The standard InChI is InChI=1S/C14H17ClN4O/c1-8(2)12(13-16-9(3)18-19-13)17-14(20)10-5-4-6-11(15)7-10/h4-8,12H,1-3H3,(H,17,20)(H,16,18,19). The summed E-state index contributed by atoms with van der Waals surface area (Å²) in [4.78, 5) is 16.5. The van der Waals surface area contributed by atoms with Gasteiger partial charge in [-0.05, 0) is 31.0 Å². The van der Waals surface area contributed by atoms with Crippen LogP contribution < -0.4 is 5.32 Å². The van der Waals surface area contributed by atoms with Crippen LogP contribution in [0.1, 0.15) is 41.9 Å². The van der Waals surface area contributed by atoms with E-state index in [1.807, 2.05) is 20.8 Å². The number of aromatic nitrogens is 3. The van der Waals surface area contributed by atoms with Crippen molar-refractivity contribution in [2.24, 2.45) is 5.92 Å². The number of aromatic amines is 1. The summed E-state index contributed by atoms with van der Waals surface area (Å²) in [6.45, 7) is 5.84. The van der Waals surface area contributed by atoms with Crippen LogP contribution in [0, 0.1) is 12.8 Å². The van der Waals surface area contributed by atoms with E-state index in [0.29, 0.717) is 16.4 Å². The number of nitrogens with one attached hydrogen (secondary N) is 2. The van der Waals surface area contributed by atoms with E-state index in [1.54, 1.807) is 24.3 Å². The summed E-state index contributed by atoms with van der Waals surface area (Å²) in [6.07, 6.45) is 0. The highest BCUT2D eigenvalue weighted by molar-refractivity contribution is 6.30. The van der Waals surface area contributed by atoms with Crippen molar-refractivity contribution >= 4 is 17.5 Å². The molecule has 0 spiro atoms. The van der Waals surface area contributed by atoms with Crippen LogP contribution in [0.2, 0.25) is 5.02 Å². The minimum atomic E-state index is -0.244. The Labute approximate surface area is 122 Å². The Hall–Kier alpha value is -1.88. The lowest BCUT2D eigenvalue weighted by Gasteiger charge is -2.19. The normalized spacial score (nSPS) is 12.4. The molecule has 0 bridgehead atoms. The van der Waals surface area contributed by atoms with Gasteiger partial charge < -0.3 is 5.32 Å². The Balaban J connectivity index is 2.18. The predicted molar refractivity (Wildman–Crippen MR) is 77.6 cm³/mol. The molecule has 0 aliphatic rings. The van der Waals surface area contributed by atoms with Crippen LogP contribution in [-0.4, -0.2) is 21.1 Å². The summed E-state index contributed by atoms with van der Waals surface area (Å²) < 4.78 is 0. The van der Waals surface area contributed by atoms with Crippen LogP contribution in [0.5, 0.6) is 0 Å². The zero-order chi connectivity index (χ0) is 14.7. The lowest BCUT2D eigenvalue weighted by molar-refractivity contribution is 0.0923. The minimum Gasteiger partial charge on any atom is -0.342 e. The van der Waals surface area contributed by atoms with Gasteiger partial charge in [-0.15, -0.1) is 0 Å². The third-order valence-corrected chi connectivity index (χ3v) is 3.17. The van der Waals surface area contributed by atoms with Gasteiger partial charge in [0.15, 0.2) is 5.82 Å². The zero-order valence-electron chi connectivity index (χ0n) is 11.6. The first-order chi connectivity index (χ1) is 9.47. The second-order valence-corrected chi connectivity index (χ2v) is 5.42. The highest BCUT2D eigenvalue weighted by atomic mass is 35.5. The number of aryl methyl sites for hydroxylation is 1. The maximum absolute atomic E-state index is 12.3. The summed E-state index contributed by atoms with van der Waals surface area (Å²) in [5.41, 5.74) is 0.524. The third-order valence-electron chi connectivity index (χ3n) is 2.93. The average molecular weight is 293 g/mol. The summed E-state index contributed by atoms with van der Waals surface area (Å²) >= 11 is 5.90. The van der Waals surface area contributed by atoms with Crippen molar-refractivity contribution in [3.05, 3.63) is 46.5 Å². The number of hydrogen-bond donors (Lipinski definition) is 2. The molecule has 2 aromatic rings. The first-order valence-electron chi connectivity index (χ1n) is 6.42. The van der Waals surface area contributed by atoms with Crippen molar-refractivity contribution in [2.75, 3.05) is 0 Å². The van der Waals surface area contributed by atoms with Gasteiger partial charge in [0.05, 0.1) is 6.04 Å². The van der Waals surface area contributed by atoms with Gasteiger partial charge in [0.25, 0.3) is 5.91 Å². The molecule has 1 heterocycles. The molecule has 1 atom stereocenters. The molecule has 0 saturated carbocycles. The van der Waals surface area contributed by atoms with E-state index >= 15 is 0 Å². The highest BCUT2D eigenvalue weighted by Gasteiger charge is 2.22. The largest absolute Gasteiger partial charge is 0.342 e. The number of nitrogens with zero attached hydrogens (tertiary/aromatic N) is 2. The van der Waals surface area contributed by atoms with Gasteiger partial charge in [-0.2, -0.15) is 5.10 Å². The van der Waals surface area contributed by atoms with Crippen LogP contribution in [0.15, 0.2) is 24.3 Å². The molecule has 0 aliphatic carbocycles. The molecule has 6 heteroatoms. The van der Waals surface area contributed by atoms with Crippen LogP contribution in [-0.2, 0) is 0 Å². The Bertz CT molecular complexity index is 609. The van der Waals surface area contributed by atoms with Crippen molar-refractivity contribution in [1.29, 1.82) is 0 Å². The van der Waals surface area contributed by atoms with Crippen LogP contribution in [0.4, 0.5) is 0 Å².